The van der Waals surface area contributed by atoms with Crippen LogP contribution in [0.3, 0.4) is 0 Å². The molecule has 196 valence electrons. The van der Waals surface area contributed by atoms with Gasteiger partial charge in [0, 0.05) is 22.3 Å². The standard InChI is InChI=1S/C16H20O2S2Si2.C10H2Br2O2S2/c1-21(2,3)11-7-9-13(17)14(18)10-8-12(22(4,5)6)20-16(10)15(9)19-11;11-5-1-3-7(13)8(14)4-2-6(12)16-10(4)9(3)15-5/h7-8H,1-6H3;1-2H. The molecule has 2 aliphatic carbocycles. The summed E-state index contributed by atoms with van der Waals surface area (Å²) >= 11 is 13.1. The summed E-state index contributed by atoms with van der Waals surface area (Å²) in [4.78, 5) is 52.4. The van der Waals surface area contributed by atoms with E-state index in [-0.39, 0.29) is 11.6 Å². The minimum atomic E-state index is -1.48. The molecule has 0 atom stereocenters. The summed E-state index contributed by atoms with van der Waals surface area (Å²) in [6.07, 6.45) is 0. The molecule has 4 heterocycles. The third kappa shape index (κ3) is 4.85. The third-order valence-electron chi connectivity index (χ3n) is 6.15. The van der Waals surface area contributed by atoms with Crippen LogP contribution >= 0.6 is 77.2 Å². The van der Waals surface area contributed by atoms with Crippen LogP contribution in [-0.2, 0) is 0 Å². The van der Waals surface area contributed by atoms with Gasteiger partial charge in [-0.05, 0) is 65.1 Å². The topological polar surface area (TPSA) is 68.3 Å². The molecule has 4 aromatic rings. The molecule has 38 heavy (non-hydrogen) atoms. The first-order valence-electron chi connectivity index (χ1n) is 11.6. The number of carbonyl (C=O) groups excluding carboxylic acids is 4. The van der Waals surface area contributed by atoms with Gasteiger partial charge in [-0.3, -0.25) is 19.2 Å². The molecule has 6 rings (SSSR count). The Bertz CT molecular complexity index is 1570. The fourth-order valence-electron chi connectivity index (χ4n) is 4.08. The molecule has 0 spiro atoms. The highest BCUT2D eigenvalue weighted by Gasteiger charge is 2.37. The van der Waals surface area contributed by atoms with Crippen molar-refractivity contribution in [2.24, 2.45) is 0 Å². The van der Waals surface area contributed by atoms with Crippen LogP contribution in [0.2, 0.25) is 39.3 Å². The first-order valence-corrected chi connectivity index (χ1v) is 23.5. The van der Waals surface area contributed by atoms with Gasteiger partial charge in [-0.15, -0.1) is 45.3 Å². The lowest BCUT2D eigenvalue weighted by Crippen LogP contribution is -2.35. The summed E-state index contributed by atoms with van der Waals surface area (Å²) < 4.78 is 4.34. The van der Waals surface area contributed by atoms with E-state index < -0.39 is 27.7 Å². The van der Waals surface area contributed by atoms with Crippen molar-refractivity contribution in [3.8, 4) is 19.5 Å². The van der Waals surface area contributed by atoms with Gasteiger partial charge < -0.3 is 0 Å². The van der Waals surface area contributed by atoms with E-state index in [0.29, 0.717) is 22.3 Å². The molecule has 0 saturated carbocycles. The number of carbonyl (C=O) groups is 4. The zero-order valence-electron chi connectivity index (χ0n) is 21.3. The van der Waals surface area contributed by atoms with Crippen molar-refractivity contribution < 1.29 is 19.2 Å². The van der Waals surface area contributed by atoms with Crippen LogP contribution in [0, 0.1) is 0 Å². The van der Waals surface area contributed by atoms with Crippen LogP contribution in [0.25, 0.3) is 19.5 Å². The lowest BCUT2D eigenvalue weighted by Gasteiger charge is -2.12. The Labute approximate surface area is 255 Å². The highest BCUT2D eigenvalue weighted by Crippen LogP contribution is 2.46. The number of rotatable bonds is 2. The zero-order chi connectivity index (χ0) is 27.9. The molecule has 0 unspecified atom stereocenters. The van der Waals surface area contributed by atoms with Crippen LogP contribution in [0.15, 0.2) is 31.8 Å². The van der Waals surface area contributed by atoms with E-state index >= 15 is 0 Å². The molecule has 4 nitrogen and oxygen atoms in total. The Balaban J connectivity index is 0.000000162. The predicted octanol–water partition coefficient (Wildman–Crippen LogP) is 8.33. The second-order valence-electron chi connectivity index (χ2n) is 11.1. The number of hydrogen-bond donors (Lipinski definition) is 0. The van der Waals surface area contributed by atoms with Gasteiger partial charge >= 0.3 is 0 Å². The van der Waals surface area contributed by atoms with E-state index in [1.54, 1.807) is 34.8 Å². The maximum atomic E-state index is 12.5. The summed E-state index contributed by atoms with van der Waals surface area (Å²) in [5.41, 5.74) is 2.32. The van der Waals surface area contributed by atoms with Crippen molar-refractivity contribution in [2.45, 2.75) is 39.3 Å². The predicted molar refractivity (Wildman–Crippen MR) is 174 cm³/mol. The van der Waals surface area contributed by atoms with Crippen molar-refractivity contribution in [3.05, 3.63) is 54.1 Å². The summed E-state index contributed by atoms with van der Waals surface area (Å²) in [5, 5.41) is 0. The van der Waals surface area contributed by atoms with Gasteiger partial charge in [0.1, 0.15) is 0 Å². The van der Waals surface area contributed by atoms with Crippen molar-refractivity contribution in [1.82, 2.24) is 0 Å². The Kier molecular flexibility index (Phi) is 7.29. The number of thiophene rings is 4. The number of Topliss-reactive ketones (excluding diaryl/α,β-unsaturated/α-hetero) is 4. The fraction of sp³-hybridized carbons (Fsp3) is 0.231. The van der Waals surface area contributed by atoms with Gasteiger partial charge in [0.25, 0.3) is 0 Å². The van der Waals surface area contributed by atoms with E-state index in [1.807, 2.05) is 12.1 Å². The molecule has 0 amide bonds. The number of halogens is 2. The average molecular weight is 743 g/mol. The van der Waals surface area contributed by atoms with Crippen LogP contribution in [0.1, 0.15) is 41.4 Å². The molecular weight excluding hydrogens is 721 g/mol. The molecule has 0 radical (unpaired) electrons. The van der Waals surface area contributed by atoms with Crippen molar-refractivity contribution >= 4 is 125 Å². The Hall–Kier alpha value is -1.13. The summed E-state index contributed by atoms with van der Waals surface area (Å²) in [6.45, 7) is 13.7. The second-order valence-corrected chi connectivity index (χ2v) is 28.9. The van der Waals surface area contributed by atoms with Gasteiger partial charge in [0.2, 0.25) is 23.1 Å². The molecule has 12 heteroatoms. The first kappa shape index (κ1) is 28.4. The van der Waals surface area contributed by atoms with Gasteiger partial charge in [0.15, 0.2) is 0 Å². The SMILES string of the molecule is C[Si](C)(C)c1cc2c(s1)-c1sc([Si](C)(C)C)cc1C(=O)C2=O.O=C1C(=O)c2cc(Br)sc2-c2sc(Br)cc21. The fourth-order valence-corrected chi connectivity index (χ4v) is 13.6. The van der Waals surface area contributed by atoms with Crippen LogP contribution in [0.5, 0.6) is 0 Å². The van der Waals surface area contributed by atoms with E-state index in [0.717, 1.165) is 27.1 Å². The minimum Gasteiger partial charge on any atom is -0.285 e. The van der Waals surface area contributed by atoms with Gasteiger partial charge in [0.05, 0.1) is 43.2 Å². The monoisotopic (exact) mass is 740 g/mol. The van der Waals surface area contributed by atoms with Crippen molar-refractivity contribution in [3.63, 3.8) is 0 Å². The van der Waals surface area contributed by atoms with Gasteiger partial charge in [-0.25, -0.2) is 0 Å². The lowest BCUT2D eigenvalue weighted by atomic mass is 9.96. The Morgan fingerprint density at radius 1 is 0.474 bits per heavy atom. The second kappa shape index (κ2) is 9.76. The van der Waals surface area contributed by atoms with Crippen LogP contribution < -0.4 is 9.00 Å². The van der Waals surface area contributed by atoms with Crippen molar-refractivity contribution in [2.75, 3.05) is 0 Å². The van der Waals surface area contributed by atoms with E-state index in [1.165, 1.54) is 31.7 Å². The molecule has 0 bridgehead atoms. The quantitative estimate of drug-likeness (QED) is 0.153. The van der Waals surface area contributed by atoms with E-state index in [9.17, 15) is 19.2 Å². The van der Waals surface area contributed by atoms with Gasteiger partial charge in [-0.1, -0.05) is 39.3 Å². The number of hydrogen-bond acceptors (Lipinski definition) is 8. The molecule has 0 saturated heterocycles. The lowest BCUT2D eigenvalue weighted by molar-refractivity contribution is 0.0816. The van der Waals surface area contributed by atoms with E-state index in [2.05, 4.69) is 71.1 Å². The van der Waals surface area contributed by atoms with E-state index in [4.69, 9.17) is 0 Å². The first-order chi connectivity index (χ1) is 17.6. The maximum Gasteiger partial charge on any atom is 0.235 e. The zero-order valence-corrected chi connectivity index (χ0v) is 29.8. The summed E-state index contributed by atoms with van der Waals surface area (Å²) in [7, 11) is -2.97. The summed E-state index contributed by atoms with van der Waals surface area (Å²) in [6, 6.07) is 7.42. The molecule has 2 aliphatic rings. The van der Waals surface area contributed by atoms with Crippen LogP contribution in [0.4, 0.5) is 0 Å². The highest BCUT2D eigenvalue weighted by atomic mass is 79.9. The van der Waals surface area contributed by atoms with Crippen molar-refractivity contribution in [1.29, 1.82) is 0 Å². The molecule has 4 aromatic heterocycles. The molecule has 0 fully saturated rings. The minimum absolute atomic E-state index is 0.317. The smallest absolute Gasteiger partial charge is 0.235 e. The molecule has 0 N–H and O–H groups in total. The number of ketones is 4. The Morgan fingerprint density at radius 2 is 0.737 bits per heavy atom. The maximum absolute atomic E-state index is 12.5. The summed E-state index contributed by atoms with van der Waals surface area (Å²) in [5.74, 6) is -1.45. The van der Waals surface area contributed by atoms with Gasteiger partial charge in [-0.2, -0.15) is 0 Å². The average Bonchev–Trinajstić information content (AvgIpc) is 3.58. The third-order valence-corrected chi connectivity index (χ3v) is 19.2. The Morgan fingerprint density at radius 3 is 1.03 bits per heavy atom. The molecule has 0 aromatic carbocycles. The molecule has 0 aliphatic heterocycles. The van der Waals surface area contributed by atoms with Crippen LogP contribution in [-0.4, -0.2) is 39.3 Å². The highest BCUT2D eigenvalue weighted by molar-refractivity contribution is 9.11. The number of fused-ring (bicyclic) bond motifs is 6. The molecular formula is C26H22Br2O4S4Si2. The normalized spacial score (nSPS) is 14.5. The largest absolute Gasteiger partial charge is 0.285 e.